The molecule has 2 nitrogen and oxygen atoms in total. The van der Waals surface area contributed by atoms with Gasteiger partial charge in [0.05, 0.1) is 0 Å². The Balaban J connectivity index is 2.66. The quantitative estimate of drug-likeness (QED) is 0.896. The number of amides is 1. The number of carbonyl (C=O) groups excluding carboxylic acids is 1. The van der Waals surface area contributed by atoms with Crippen LogP contribution in [0.1, 0.15) is 43.1 Å². The SMILES string of the molecule is Cc1ccc(C(=O)NC(C)CC(C)C)cc1Br. The average Bonchev–Trinajstić information content (AvgIpc) is 2.20. The third-order valence-electron chi connectivity index (χ3n) is 2.64. The summed E-state index contributed by atoms with van der Waals surface area (Å²) in [5.41, 5.74) is 1.84. The highest BCUT2D eigenvalue weighted by molar-refractivity contribution is 9.10. The van der Waals surface area contributed by atoms with Crippen LogP contribution in [0.5, 0.6) is 0 Å². The van der Waals surface area contributed by atoms with Crippen molar-refractivity contribution in [3.63, 3.8) is 0 Å². The summed E-state index contributed by atoms with van der Waals surface area (Å²) in [5.74, 6) is 0.592. The van der Waals surface area contributed by atoms with Crippen LogP contribution in [0, 0.1) is 12.8 Å². The van der Waals surface area contributed by atoms with E-state index >= 15 is 0 Å². The minimum Gasteiger partial charge on any atom is -0.350 e. The summed E-state index contributed by atoms with van der Waals surface area (Å²) in [5, 5.41) is 3.01. The summed E-state index contributed by atoms with van der Waals surface area (Å²) in [6.07, 6.45) is 0.999. The number of benzene rings is 1. The maximum atomic E-state index is 12.0. The Kier molecular flexibility index (Phi) is 5.19. The summed E-state index contributed by atoms with van der Waals surface area (Å²) >= 11 is 3.44. The Bertz CT molecular complexity index is 401. The zero-order valence-corrected chi connectivity index (χ0v) is 12.5. The fourth-order valence-electron chi connectivity index (χ4n) is 1.81. The predicted molar refractivity (Wildman–Crippen MR) is 75.3 cm³/mol. The van der Waals surface area contributed by atoms with E-state index < -0.39 is 0 Å². The Morgan fingerprint density at radius 3 is 2.53 bits per heavy atom. The Hall–Kier alpha value is -0.830. The van der Waals surface area contributed by atoms with Gasteiger partial charge in [-0.15, -0.1) is 0 Å². The van der Waals surface area contributed by atoms with Crippen LogP contribution in [0.3, 0.4) is 0 Å². The van der Waals surface area contributed by atoms with Crippen molar-refractivity contribution in [1.82, 2.24) is 5.32 Å². The van der Waals surface area contributed by atoms with Gasteiger partial charge in [0.1, 0.15) is 0 Å². The molecule has 0 heterocycles. The van der Waals surface area contributed by atoms with Gasteiger partial charge in [-0.05, 0) is 43.9 Å². The number of hydrogen-bond acceptors (Lipinski definition) is 1. The lowest BCUT2D eigenvalue weighted by atomic mass is 10.0. The van der Waals surface area contributed by atoms with E-state index in [9.17, 15) is 4.79 Å². The monoisotopic (exact) mass is 297 g/mol. The van der Waals surface area contributed by atoms with E-state index in [-0.39, 0.29) is 11.9 Å². The largest absolute Gasteiger partial charge is 0.350 e. The topological polar surface area (TPSA) is 29.1 Å². The minimum atomic E-state index is -0.00106. The van der Waals surface area contributed by atoms with E-state index in [0.29, 0.717) is 11.5 Å². The second kappa shape index (κ2) is 6.20. The minimum absolute atomic E-state index is 0.00106. The fraction of sp³-hybridized carbons (Fsp3) is 0.500. The second-order valence-electron chi connectivity index (χ2n) is 4.97. The fourth-order valence-corrected chi connectivity index (χ4v) is 2.19. The first kappa shape index (κ1) is 14.2. The molecule has 0 fully saturated rings. The molecule has 1 amide bonds. The molecule has 0 spiro atoms. The van der Waals surface area contributed by atoms with E-state index in [2.05, 4.69) is 35.1 Å². The molecule has 0 aromatic heterocycles. The molecule has 1 atom stereocenters. The number of aryl methyl sites for hydroxylation is 1. The molecule has 1 aromatic carbocycles. The van der Waals surface area contributed by atoms with E-state index in [1.54, 1.807) is 0 Å². The van der Waals surface area contributed by atoms with Crippen LogP contribution < -0.4 is 5.32 Å². The molecule has 0 saturated carbocycles. The summed E-state index contributed by atoms with van der Waals surface area (Å²) in [6, 6.07) is 5.89. The summed E-state index contributed by atoms with van der Waals surface area (Å²) in [4.78, 5) is 12.0. The van der Waals surface area contributed by atoms with Gasteiger partial charge >= 0.3 is 0 Å². The first-order valence-corrected chi connectivity index (χ1v) is 6.76. The molecule has 1 rings (SSSR count). The molecule has 0 radical (unpaired) electrons. The normalized spacial score (nSPS) is 12.6. The molecular formula is C14H20BrNO. The Labute approximate surface area is 112 Å². The molecule has 0 aliphatic rings. The van der Waals surface area contributed by atoms with Gasteiger partial charge in [-0.1, -0.05) is 35.8 Å². The van der Waals surface area contributed by atoms with Crippen LogP contribution in [-0.2, 0) is 0 Å². The molecular weight excluding hydrogens is 278 g/mol. The van der Waals surface area contributed by atoms with Crippen LogP contribution in [0.2, 0.25) is 0 Å². The van der Waals surface area contributed by atoms with Crippen molar-refractivity contribution in [2.75, 3.05) is 0 Å². The van der Waals surface area contributed by atoms with Crippen LogP contribution in [0.15, 0.2) is 22.7 Å². The first-order chi connectivity index (χ1) is 7.90. The number of rotatable bonds is 4. The number of hydrogen-bond donors (Lipinski definition) is 1. The van der Waals surface area contributed by atoms with Crippen molar-refractivity contribution in [3.05, 3.63) is 33.8 Å². The molecule has 0 saturated heterocycles. The molecule has 94 valence electrons. The Morgan fingerprint density at radius 2 is 2.00 bits per heavy atom. The highest BCUT2D eigenvalue weighted by Gasteiger charge is 2.11. The molecule has 3 heteroatoms. The smallest absolute Gasteiger partial charge is 0.251 e. The van der Waals surface area contributed by atoms with Gasteiger partial charge in [0, 0.05) is 16.1 Å². The molecule has 0 bridgehead atoms. The van der Waals surface area contributed by atoms with E-state index in [1.165, 1.54) is 0 Å². The van der Waals surface area contributed by atoms with Crippen molar-refractivity contribution in [3.8, 4) is 0 Å². The predicted octanol–water partition coefficient (Wildman–Crippen LogP) is 3.92. The number of nitrogens with one attached hydrogen (secondary N) is 1. The van der Waals surface area contributed by atoms with Crippen LogP contribution in [0.4, 0.5) is 0 Å². The second-order valence-corrected chi connectivity index (χ2v) is 5.82. The van der Waals surface area contributed by atoms with Crippen LogP contribution in [0.25, 0.3) is 0 Å². The maximum absolute atomic E-state index is 12.0. The van der Waals surface area contributed by atoms with Gasteiger partial charge in [-0.3, -0.25) is 4.79 Å². The first-order valence-electron chi connectivity index (χ1n) is 5.97. The molecule has 17 heavy (non-hydrogen) atoms. The highest BCUT2D eigenvalue weighted by Crippen LogP contribution is 2.17. The van der Waals surface area contributed by atoms with Crippen molar-refractivity contribution >= 4 is 21.8 Å². The van der Waals surface area contributed by atoms with Gasteiger partial charge in [-0.2, -0.15) is 0 Å². The van der Waals surface area contributed by atoms with Crippen molar-refractivity contribution in [1.29, 1.82) is 0 Å². The number of halogens is 1. The summed E-state index contributed by atoms with van der Waals surface area (Å²) < 4.78 is 0.974. The van der Waals surface area contributed by atoms with Crippen molar-refractivity contribution in [2.24, 2.45) is 5.92 Å². The standard InChI is InChI=1S/C14H20BrNO/c1-9(2)7-11(4)16-14(17)12-6-5-10(3)13(15)8-12/h5-6,8-9,11H,7H2,1-4H3,(H,16,17). The zero-order valence-electron chi connectivity index (χ0n) is 10.9. The Morgan fingerprint density at radius 1 is 1.35 bits per heavy atom. The van der Waals surface area contributed by atoms with Crippen molar-refractivity contribution < 1.29 is 4.79 Å². The van der Waals surface area contributed by atoms with E-state index in [4.69, 9.17) is 0 Å². The average molecular weight is 298 g/mol. The maximum Gasteiger partial charge on any atom is 0.251 e. The lowest BCUT2D eigenvalue weighted by Crippen LogP contribution is -2.33. The summed E-state index contributed by atoms with van der Waals surface area (Å²) in [6.45, 7) is 8.37. The highest BCUT2D eigenvalue weighted by atomic mass is 79.9. The van der Waals surface area contributed by atoms with Gasteiger partial charge in [0.2, 0.25) is 0 Å². The van der Waals surface area contributed by atoms with Crippen LogP contribution >= 0.6 is 15.9 Å². The van der Waals surface area contributed by atoms with E-state index in [0.717, 1.165) is 16.5 Å². The lowest BCUT2D eigenvalue weighted by molar-refractivity contribution is 0.0936. The summed E-state index contributed by atoms with van der Waals surface area (Å²) in [7, 11) is 0. The number of carbonyl (C=O) groups is 1. The van der Waals surface area contributed by atoms with Gasteiger partial charge in [-0.25, -0.2) is 0 Å². The molecule has 1 aromatic rings. The third kappa shape index (κ3) is 4.50. The molecule has 0 aliphatic heterocycles. The van der Waals surface area contributed by atoms with E-state index in [1.807, 2.05) is 32.0 Å². The molecule has 1 unspecified atom stereocenters. The lowest BCUT2D eigenvalue weighted by Gasteiger charge is -2.16. The van der Waals surface area contributed by atoms with Crippen LogP contribution in [-0.4, -0.2) is 11.9 Å². The van der Waals surface area contributed by atoms with Gasteiger partial charge in [0.15, 0.2) is 0 Å². The molecule has 1 N–H and O–H groups in total. The molecule has 0 aliphatic carbocycles. The zero-order chi connectivity index (χ0) is 13.0. The van der Waals surface area contributed by atoms with Gasteiger partial charge in [0.25, 0.3) is 5.91 Å². The van der Waals surface area contributed by atoms with Gasteiger partial charge < -0.3 is 5.32 Å². The van der Waals surface area contributed by atoms with Crippen molar-refractivity contribution in [2.45, 2.75) is 40.2 Å². The third-order valence-corrected chi connectivity index (χ3v) is 3.49.